The van der Waals surface area contributed by atoms with E-state index in [2.05, 4.69) is 27.8 Å². The van der Waals surface area contributed by atoms with E-state index >= 15 is 0 Å². The van der Waals surface area contributed by atoms with Crippen LogP contribution in [0.3, 0.4) is 0 Å². The SMILES string of the molecule is C=CCN(CC(=O)Nc1cccc(Br)c1)CC(=O)OCC. The second-order valence-corrected chi connectivity index (χ2v) is 5.24. The minimum atomic E-state index is -0.352. The molecule has 0 bridgehead atoms. The number of benzene rings is 1. The molecule has 1 amide bonds. The third-order valence-electron chi connectivity index (χ3n) is 2.52. The number of carbonyl (C=O) groups excluding carboxylic acids is 2. The first-order chi connectivity index (χ1) is 10.0. The van der Waals surface area contributed by atoms with Crippen molar-refractivity contribution in [2.45, 2.75) is 6.92 Å². The number of hydrogen-bond acceptors (Lipinski definition) is 4. The minimum absolute atomic E-state index is 0.0613. The Morgan fingerprint density at radius 2 is 2.19 bits per heavy atom. The lowest BCUT2D eigenvalue weighted by Crippen LogP contribution is -2.37. The van der Waals surface area contributed by atoms with Gasteiger partial charge in [-0.3, -0.25) is 14.5 Å². The second-order valence-electron chi connectivity index (χ2n) is 4.32. The number of carbonyl (C=O) groups is 2. The Labute approximate surface area is 133 Å². The van der Waals surface area contributed by atoms with Crippen LogP contribution in [-0.4, -0.2) is 43.0 Å². The highest BCUT2D eigenvalue weighted by Crippen LogP contribution is 2.15. The lowest BCUT2D eigenvalue weighted by atomic mass is 10.3. The van der Waals surface area contributed by atoms with Gasteiger partial charge in [-0.15, -0.1) is 6.58 Å². The quantitative estimate of drug-likeness (QED) is 0.575. The summed E-state index contributed by atoms with van der Waals surface area (Å²) in [6, 6.07) is 7.31. The Kier molecular flexibility index (Phi) is 7.71. The molecule has 6 heteroatoms. The maximum Gasteiger partial charge on any atom is 0.320 e. The van der Waals surface area contributed by atoms with Crippen molar-refractivity contribution < 1.29 is 14.3 Å². The maximum atomic E-state index is 12.0. The molecule has 5 nitrogen and oxygen atoms in total. The number of nitrogens with one attached hydrogen (secondary N) is 1. The molecule has 1 rings (SSSR count). The zero-order chi connectivity index (χ0) is 15.7. The molecule has 0 aliphatic carbocycles. The molecule has 0 saturated carbocycles. The molecular formula is C15H19BrN2O3. The molecule has 0 unspecified atom stereocenters. The fraction of sp³-hybridized carbons (Fsp3) is 0.333. The molecule has 0 aliphatic rings. The zero-order valence-corrected chi connectivity index (χ0v) is 13.6. The fourth-order valence-corrected chi connectivity index (χ4v) is 2.13. The summed E-state index contributed by atoms with van der Waals surface area (Å²) in [6.45, 7) is 6.29. The van der Waals surface area contributed by atoms with Gasteiger partial charge in [-0.2, -0.15) is 0 Å². The fourth-order valence-electron chi connectivity index (χ4n) is 1.73. The van der Waals surface area contributed by atoms with Crippen LogP contribution in [0.4, 0.5) is 5.69 Å². The van der Waals surface area contributed by atoms with Gasteiger partial charge < -0.3 is 10.1 Å². The van der Waals surface area contributed by atoms with Crippen molar-refractivity contribution in [1.82, 2.24) is 4.90 Å². The van der Waals surface area contributed by atoms with Crippen LogP contribution in [0.1, 0.15) is 6.92 Å². The van der Waals surface area contributed by atoms with Crippen LogP contribution in [0.2, 0.25) is 0 Å². The first kappa shape index (κ1) is 17.4. The number of ether oxygens (including phenoxy) is 1. The number of hydrogen-bond donors (Lipinski definition) is 1. The van der Waals surface area contributed by atoms with E-state index in [-0.39, 0.29) is 25.0 Å². The predicted molar refractivity (Wildman–Crippen MR) is 86.0 cm³/mol. The number of rotatable bonds is 8. The summed E-state index contributed by atoms with van der Waals surface area (Å²) in [5, 5.41) is 2.78. The van der Waals surface area contributed by atoms with Gasteiger partial charge in [-0.05, 0) is 25.1 Å². The monoisotopic (exact) mass is 354 g/mol. The summed E-state index contributed by atoms with van der Waals surface area (Å²) in [7, 11) is 0. The van der Waals surface area contributed by atoms with Crippen LogP contribution in [0.5, 0.6) is 0 Å². The van der Waals surface area contributed by atoms with Gasteiger partial charge in [0.1, 0.15) is 0 Å². The van der Waals surface area contributed by atoms with Crippen LogP contribution in [0.15, 0.2) is 41.4 Å². The van der Waals surface area contributed by atoms with Gasteiger partial charge >= 0.3 is 5.97 Å². The maximum absolute atomic E-state index is 12.0. The van der Waals surface area contributed by atoms with Gasteiger partial charge in [0, 0.05) is 16.7 Å². The molecule has 21 heavy (non-hydrogen) atoms. The highest BCUT2D eigenvalue weighted by Gasteiger charge is 2.14. The largest absolute Gasteiger partial charge is 0.465 e. The van der Waals surface area contributed by atoms with Crippen LogP contribution < -0.4 is 5.32 Å². The van der Waals surface area contributed by atoms with E-state index in [4.69, 9.17) is 4.74 Å². The van der Waals surface area contributed by atoms with Gasteiger partial charge in [0.05, 0.1) is 19.7 Å². The Morgan fingerprint density at radius 3 is 2.81 bits per heavy atom. The van der Waals surface area contributed by atoms with Crippen molar-refractivity contribution in [3.05, 3.63) is 41.4 Å². The topological polar surface area (TPSA) is 58.6 Å². The number of nitrogens with zero attached hydrogens (tertiary/aromatic N) is 1. The summed E-state index contributed by atoms with van der Waals surface area (Å²) in [5.74, 6) is -0.547. The van der Waals surface area contributed by atoms with Crippen LogP contribution in [0.25, 0.3) is 0 Å². The highest BCUT2D eigenvalue weighted by atomic mass is 79.9. The van der Waals surface area contributed by atoms with Crippen molar-refractivity contribution in [3.63, 3.8) is 0 Å². The molecule has 114 valence electrons. The van der Waals surface area contributed by atoms with Gasteiger partial charge in [0.2, 0.25) is 5.91 Å². The zero-order valence-electron chi connectivity index (χ0n) is 12.0. The Bertz CT molecular complexity index is 505. The smallest absolute Gasteiger partial charge is 0.320 e. The van der Waals surface area contributed by atoms with Gasteiger partial charge in [-0.1, -0.05) is 28.1 Å². The lowest BCUT2D eigenvalue weighted by molar-refractivity contribution is -0.144. The first-order valence-corrected chi connectivity index (χ1v) is 7.38. The Morgan fingerprint density at radius 1 is 1.43 bits per heavy atom. The lowest BCUT2D eigenvalue weighted by Gasteiger charge is -2.19. The first-order valence-electron chi connectivity index (χ1n) is 6.59. The van der Waals surface area contributed by atoms with Crippen molar-refractivity contribution >= 4 is 33.5 Å². The molecule has 0 aliphatic heterocycles. The summed E-state index contributed by atoms with van der Waals surface area (Å²) in [6.07, 6.45) is 1.64. The number of esters is 1. The standard InChI is InChI=1S/C15H19BrN2O3/c1-3-8-18(11-15(20)21-4-2)10-14(19)17-13-7-5-6-12(16)9-13/h3,5-7,9H,1,4,8,10-11H2,2H3,(H,17,19). The number of halogens is 1. The van der Waals surface area contributed by atoms with E-state index < -0.39 is 0 Å². The van der Waals surface area contributed by atoms with E-state index in [1.54, 1.807) is 30.0 Å². The van der Waals surface area contributed by atoms with Gasteiger partial charge in [0.15, 0.2) is 0 Å². The highest BCUT2D eigenvalue weighted by molar-refractivity contribution is 9.10. The van der Waals surface area contributed by atoms with Crippen molar-refractivity contribution in [2.75, 3.05) is 31.6 Å². The van der Waals surface area contributed by atoms with E-state index in [9.17, 15) is 9.59 Å². The molecule has 0 radical (unpaired) electrons. The van der Waals surface area contributed by atoms with Crippen molar-refractivity contribution in [1.29, 1.82) is 0 Å². The summed E-state index contributed by atoms with van der Waals surface area (Å²) >= 11 is 3.34. The predicted octanol–water partition coefficient (Wildman–Crippen LogP) is 2.44. The molecular weight excluding hydrogens is 336 g/mol. The molecule has 0 atom stereocenters. The number of anilines is 1. The molecule has 0 fully saturated rings. The second kappa shape index (κ2) is 9.31. The molecule has 1 aromatic carbocycles. The molecule has 1 N–H and O–H groups in total. The Balaban J connectivity index is 2.55. The van der Waals surface area contributed by atoms with Crippen LogP contribution in [0, 0.1) is 0 Å². The summed E-state index contributed by atoms with van der Waals surface area (Å²) in [5.41, 5.74) is 0.698. The number of amides is 1. The Hall–Kier alpha value is -1.66. The molecule has 0 heterocycles. The van der Waals surface area contributed by atoms with Crippen LogP contribution in [-0.2, 0) is 14.3 Å². The molecule has 1 aromatic rings. The molecule has 0 saturated heterocycles. The normalized spacial score (nSPS) is 10.2. The van der Waals surface area contributed by atoms with E-state index in [1.165, 1.54) is 0 Å². The van der Waals surface area contributed by atoms with Crippen LogP contribution >= 0.6 is 15.9 Å². The summed E-state index contributed by atoms with van der Waals surface area (Å²) < 4.78 is 5.77. The molecule has 0 aromatic heterocycles. The van der Waals surface area contributed by atoms with E-state index in [0.717, 1.165) is 4.47 Å². The minimum Gasteiger partial charge on any atom is -0.465 e. The average molecular weight is 355 g/mol. The molecule has 0 spiro atoms. The summed E-state index contributed by atoms with van der Waals surface area (Å²) in [4.78, 5) is 25.1. The van der Waals surface area contributed by atoms with Crippen molar-refractivity contribution in [2.24, 2.45) is 0 Å². The van der Waals surface area contributed by atoms with Crippen molar-refractivity contribution in [3.8, 4) is 0 Å². The van der Waals surface area contributed by atoms with Gasteiger partial charge in [0.25, 0.3) is 0 Å². The third-order valence-corrected chi connectivity index (χ3v) is 3.01. The average Bonchev–Trinajstić information content (AvgIpc) is 2.38. The van der Waals surface area contributed by atoms with Gasteiger partial charge in [-0.25, -0.2) is 0 Å². The van der Waals surface area contributed by atoms with E-state index in [0.29, 0.717) is 18.8 Å². The van der Waals surface area contributed by atoms with E-state index in [1.807, 2.05) is 12.1 Å². The third kappa shape index (κ3) is 7.06.